The van der Waals surface area contributed by atoms with E-state index >= 15 is 0 Å². The van der Waals surface area contributed by atoms with Gasteiger partial charge in [0.05, 0.1) is 0 Å². The molecule has 0 heterocycles. The molecule has 0 amide bonds. The highest BCUT2D eigenvalue weighted by Gasteiger charge is 2.38. The van der Waals surface area contributed by atoms with E-state index < -0.39 is 30.7 Å². The summed E-state index contributed by atoms with van der Waals surface area (Å²) in [6.07, 6.45) is -0.239. The van der Waals surface area contributed by atoms with E-state index in [9.17, 15) is 16.8 Å². The number of rotatable bonds is 6. The summed E-state index contributed by atoms with van der Waals surface area (Å²) >= 11 is 3.77. The Bertz CT molecular complexity index is 383. The second-order valence-electron chi connectivity index (χ2n) is 3.03. The van der Waals surface area contributed by atoms with Crippen molar-refractivity contribution in [1.82, 2.24) is 0 Å². The maximum atomic E-state index is 10.9. The van der Waals surface area contributed by atoms with Crippen LogP contribution in [0.15, 0.2) is 0 Å². The van der Waals surface area contributed by atoms with E-state index in [2.05, 4.69) is 12.6 Å². The highest BCUT2D eigenvalue weighted by molar-refractivity contribution is 7.90. The molecule has 0 fully saturated rings. The molecule has 2 N–H and O–H groups in total. The fourth-order valence-corrected chi connectivity index (χ4v) is 4.55. The summed E-state index contributed by atoms with van der Waals surface area (Å²) in [6.45, 7) is 1.41. The molecule has 0 saturated heterocycles. The van der Waals surface area contributed by atoms with E-state index in [4.69, 9.17) is 9.11 Å². The number of thiol groups is 1. The van der Waals surface area contributed by atoms with Crippen molar-refractivity contribution in [2.75, 3.05) is 5.75 Å². The third-order valence-electron chi connectivity index (χ3n) is 2.00. The molecule has 0 aromatic carbocycles. The Morgan fingerprint density at radius 3 is 1.67 bits per heavy atom. The van der Waals surface area contributed by atoms with Gasteiger partial charge in [0.25, 0.3) is 20.2 Å². The van der Waals surface area contributed by atoms with Crippen molar-refractivity contribution in [2.24, 2.45) is 0 Å². The highest BCUT2D eigenvalue weighted by atomic mass is 32.2. The van der Waals surface area contributed by atoms with Crippen molar-refractivity contribution in [3.05, 3.63) is 0 Å². The molecule has 0 radical (unpaired) electrons. The molecule has 0 rings (SSSR count). The third-order valence-corrected chi connectivity index (χ3v) is 5.18. The Morgan fingerprint density at radius 2 is 1.47 bits per heavy atom. The first-order valence-electron chi connectivity index (χ1n) is 4.18. The van der Waals surface area contributed by atoms with Crippen molar-refractivity contribution >= 4 is 32.9 Å². The summed E-state index contributed by atoms with van der Waals surface area (Å²) in [7, 11) is -9.00. The van der Waals surface area contributed by atoms with Crippen molar-refractivity contribution < 1.29 is 25.9 Å². The average molecular weight is 278 g/mol. The molecule has 92 valence electrons. The normalized spacial score (nSPS) is 17.3. The van der Waals surface area contributed by atoms with Crippen LogP contribution in [0.2, 0.25) is 0 Å². The second kappa shape index (κ2) is 5.48. The van der Waals surface area contributed by atoms with Gasteiger partial charge in [-0.15, -0.1) is 0 Å². The lowest BCUT2D eigenvalue weighted by Gasteiger charge is -2.20. The summed E-state index contributed by atoms with van der Waals surface area (Å²) in [6, 6.07) is 0. The van der Waals surface area contributed by atoms with E-state index in [-0.39, 0.29) is 18.6 Å². The molecule has 0 saturated carbocycles. The van der Waals surface area contributed by atoms with Crippen LogP contribution in [0.5, 0.6) is 0 Å². The van der Waals surface area contributed by atoms with Gasteiger partial charge in [-0.1, -0.05) is 6.92 Å². The van der Waals surface area contributed by atoms with Crippen LogP contribution in [0.25, 0.3) is 0 Å². The molecule has 0 bridgehead atoms. The van der Waals surface area contributed by atoms with Crippen LogP contribution in [0.1, 0.15) is 19.8 Å². The van der Waals surface area contributed by atoms with Gasteiger partial charge in [-0.25, -0.2) is 0 Å². The topological polar surface area (TPSA) is 109 Å². The SMILES string of the molecule is CCC(C(CCS)S(=O)(=O)O)S(=O)(=O)O. The summed E-state index contributed by atoms with van der Waals surface area (Å²) < 4.78 is 61.2. The van der Waals surface area contributed by atoms with Crippen molar-refractivity contribution in [1.29, 1.82) is 0 Å². The Labute approximate surface area is 95.0 Å². The lowest BCUT2D eigenvalue weighted by atomic mass is 10.2. The van der Waals surface area contributed by atoms with Crippen LogP contribution in [-0.4, -0.2) is 42.2 Å². The first-order valence-corrected chi connectivity index (χ1v) is 7.82. The van der Waals surface area contributed by atoms with Crippen LogP contribution in [0, 0.1) is 0 Å². The third kappa shape index (κ3) is 4.68. The fourth-order valence-electron chi connectivity index (χ4n) is 1.32. The van der Waals surface area contributed by atoms with Gasteiger partial charge < -0.3 is 0 Å². The smallest absolute Gasteiger partial charge is 0.269 e. The molecular weight excluding hydrogens is 264 g/mol. The van der Waals surface area contributed by atoms with Crippen LogP contribution < -0.4 is 0 Å². The van der Waals surface area contributed by atoms with Crippen LogP contribution >= 0.6 is 12.6 Å². The van der Waals surface area contributed by atoms with Gasteiger partial charge in [-0.3, -0.25) is 9.11 Å². The number of hydrogen-bond donors (Lipinski definition) is 3. The molecule has 0 aliphatic rings. The predicted molar refractivity (Wildman–Crippen MR) is 59.4 cm³/mol. The Morgan fingerprint density at radius 1 is 1.07 bits per heavy atom. The van der Waals surface area contributed by atoms with E-state index in [0.29, 0.717) is 0 Å². The van der Waals surface area contributed by atoms with Crippen molar-refractivity contribution in [3.63, 3.8) is 0 Å². The molecule has 9 heteroatoms. The molecular formula is C6H14O6S3. The van der Waals surface area contributed by atoms with E-state index in [0.717, 1.165) is 0 Å². The summed E-state index contributed by atoms with van der Waals surface area (Å²) in [5, 5.41) is -3.05. The maximum Gasteiger partial charge on any atom is 0.269 e. The summed E-state index contributed by atoms with van der Waals surface area (Å²) in [5.74, 6) is 0.0937. The predicted octanol–water partition coefficient (Wildman–Crippen LogP) is 0.229. The van der Waals surface area contributed by atoms with Gasteiger partial charge in [0.1, 0.15) is 10.5 Å². The second-order valence-corrected chi connectivity index (χ2v) is 6.75. The van der Waals surface area contributed by atoms with Gasteiger partial charge in [0.15, 0.2) is 0 Å². The maximum absolute atomic E-state index is 10.9. The standard InChI is InChI=1S/C6H14O6S3/c1-2-5(14(7,8)9)6(3-4-13)15(10,11)12/h5-6,13H,2-4H2,1H3,(H,7,8,9)(H,10,11,12). The largest absolute Gasteiger partial charge is 0.285 e. The first-order chi connectivity index (χ1) is 6.64. The highest BCUT2D eigenvalue weighted by Crippen LogP contribution is 2.19. The molecule has 0 spiro atoms. The first kappa shape index (κ1) is 15.2. The zero-order chi connectivity index (χ0) is 12.3. The minimum absolute atomic E-state index is 0.0937. The quantitative estimate of drug-likeness (QED) is 0.474. The Kier molecular flexibility index (Phi) is 5.55. The lowest BCUT2D eigenvalue weighted by Crippen LogP contribution is -2.39. The summed E-state index contributed by atoms with van der Waals surface area (Å²) in [4.78, 5) is 0. The van der Waals surface area contributed by atoms with Crippen LogP contribution in [-0.2, 0) is 20.2 Å². The molecule has 0 aromatic rings. The average Bonchev–Trinajstić information content (AvgIpc) is 2.00. The molecule has 2 atom stereocenters. The molecule has 2 unspecified atom stereocenters. The Hall–Kier alpha value is 0.170. The minimum Gasteiger partial charge on any atom is -0.285 e. The number of hydrogen-bond acceptors (Lipinski definition) is 5. The fraction of sp³-hybridized carbons (Fsp3) is 1.00. The van der Waals surface area contributed by atoms with Crippen LogP contribution in [0.3, 0.4) is 0 Å². The van der Waals surface area contributed by atoms with E-state index in [1.807, 2.05) is 0 Å². The molecule has 0 aliphatic heterocycles. The molecule has 0 aliphatic carbocycles. The lowest BCUT2D eigenvalue weighted by molar-refractivity contribution is 0.432. The van der Waals surface area contributed by atoms with E-state index in [1.54, 1.807) is 0 Å². The van der Waals surface area contributed by atoms with Gasteiger partial charge in [-0.2, -0.15) is 29.5 Å². The van der Waals surface area contributed by atoms with Crippen molar-refractivity contribution in [2.45, 2.75) is 30.3 Å². The van der Waals surface area contributed by atoms with Gasteiger partial charge in [0.2, 0.25) is 0 Å². The molecule has 6 nitrogen and oxygen atoms in total. The summed E-state index contributed by atoms with van der Waals surface area (Å²) in [5.41, 5.74) is 0. The van der Waals surface area contributed by atoms with E-state index in [1.165, 1.54) is 6.92 Å². The molecule has 0 aromatic heterocycles. The Balaban J connectivity index is 5.24. The zero-order valence-corrected chi connectivity index (χ0v) is 10.6. The molecule has 15 heavy (non-hydrogen) atoms. The van der Waals surface area contributed by atoms with Crippen LogP contribution in [0.4, 0.5) is 0 Å². The minimum atomic E-state index is -4.51. The monoisotopic (exact) mass is 278 g/mol. The zero-order valence-electron chi connectivity index (χ0n) is 8.07. The van der Waals surface area contributed by atoms with Gasteiger partial charge in [0, 0.05) is 0 Å². The van der Waals surface area contributed by atoms with Gasteiger partial charge >= 0.3 is 0 Å². The van der Waals surface area contributed by atoms with Crippen molar-refractivity contribution in [3.8, 4) is 0 Å². The van der Waals surface area contributed by atoms with Gasteiger partial charge in [-0.05, 0) is 18.6 Å².